The first kappa shape index (κ1) is 16.8. The van der Waals surface area contributed by atoms with Crippen LogP contribution in [-0.4, -0.2) is 23.1 Å². The molecular weight excluding hydrogens is 340 g/mol. The lowest BCUT2D eigenvalue weighted by Gasteiger charge is -1.97. The van der Waals surface area contributed by atoms with Gasteiger partial charge >= 0.3 is 0 Å². The van der Waals surface area contributed by atoms with E-state index in [4.69, 9.17) is 0 Å². The van der Waals surface area contributed by atoms with Crippen LogP contribution in [-0.2, 0) is 0 Å². The van der Waals surface area contributed by atoms with Crippen molar-refractivity contribution in [3.63, 3.8) is 0 Å². The summed E-state index contributed by atoms with van der Waals surface area (Å²) in [6.07, 6.45) is 7.74. The van der Waals surface area contributed by atoms with Crippen molar-refractivity contribution in [3.05, 3.63) is 107 Å². The minimum atomic E-state index is -0.821. The molecule has 2 aromatic rings. The molecular formula is C23H14O4. The van der Waals surface area contributed by atoms with E-state index in [1.54, 1.807) is 66.8 Å². The highest BCUT2D eigenvalue weighted by Gasteiger charge is 2.36. The first-order valence-electron chi connectivity index (χ1n) is 8.50. The maximum Gasteiger partial charge on any atom is 0.197 e. The number of rotatable bonds is 3. The third-order valence-electron chi connectivity index (χ3n) is 4.72. The Morgan fingerprint density at radius 1 is 0.593 bits per heavy atom. The highest BCUT2D eigenvalue weighted by molar-refractivity contribution is 6.39. The average Bonchev–Trinajstić information content (AvgIpc) is 3.08. The van der Waals surface area contributed by atoms with Crippen molar-refractivity contribution in [1.82, 2.24) is 0 Å². The number of carbonyl (C=O) groups excluding carboxylic acids is 4. The van der Waals surface area contributed by atoms with Crippen LogP contribution in [0.1, 0.15) is 41.4 Å². The lowest BCUT2D eigenvalue weighted by Crippen LogP contribution is -2.11. The van der Waals surface area contributed by atoms with Gasteiger partial charge in [0.15, 0.2) is 23.1 Å². The van der Waals surface area contributed by atoms with Crippen LogP contribution in [0, 0.1) is 5.92 Å². The highest BCUT2D eigenvalue weighted by Crippen LogP contribution is 2.28. The molecule has 0 saturated carbocycles. The molecule has 27 heavy (non-hydrogen) atoms. The molecule has 0 heterocycles. The number of fused-ring (bicyclic) bond motifs is 2. The number of benzene rings is 2. The lowest BCUT2D eigenvalue weighted by atomic mass is 10.0. The Labute approximate surface area is 155 Å². The van der Waals surface area contributed by atoms with Gasteiger partial charge in [-0.3, -0.25) is 19.2 Å². The highest BCUT2D eigenvalue weighted by atomic mass is 16.2. The molecule has 0 fully saturated rings. The van der Waals surface area contributed by atoms with Crippen molar-refractivity contribution in [2.75, 3.05) is 0 Å². The Balaban J connectivity index is 1.49. The normalized spacial score (nSPS) is 16.7. The minimum Gasteiger partial charge on any atom is -0.293 e. The number of hydrogen-bond acceptors (Lipinski definition) is 4. The van der Waals surface area contributed by atoms with Crippen LogP contribution in [0.3, 0.4) is 0 Å². The molecule has 4 nitrogen and oxygen atoms in total. The molecule has 2 aromatic carbocycles. The maximum atomic E-state index is 12.3. The summed E-state index contributed by atoms with van der Waals surface area (Å²) >= 11 is 0. The van der Waals surface area contributed by atoms with Crippen LogP contribution >= 0.6 is 0 Å². The third kappa shape index (κ3) is 2.72. The van der Waals surface area contributed by atoms with Crippen LogP contribution in [0.25, 0.3) is 0 Å². The van der Waals surface area contributed by atoms with Crippen molar-refractivity contribution >= 4 is 23.1 Å². The Morgan fingerprint density at radius 2 is 1.07 bits per heavy atom. The molecule has 0 bridgehead atoms. The van der Waals surface area contributed by atoms with Gasteiger partial charge in [-0.2, -0.15) is 0 Å². The fraction of sp³-hybridized carbons (Fsp3) is 0.0435. The topological polar surface area (TPSA) is 68.3 Å². The molecule has 4 heteroatoms. The molecule has 0 N–H and O–H groups in total. The number of allylic oxidation sites excluding steroid dienone is 6. The van der Waals surface area contributed by atoms with Gasteiger partial charge in [-0.1, -0.05) is 72.8 Å². The van der Waals surface area contributed by atoms with Crippen LogP contribution < -0.4 is 0 Å². The van der Waals surface area contributed by atoms with Crippen molar-refractivity contribution < 1.29 is 19.2 Å². The zero-order valence-electron chi connectivity index (χ0n) is 14.2. The standard InChI is InChI=1S/C23H14O4/c24-20-14-8-4-5-9-15(14)21(25)18(20)12-2-1-3-13-19-22(26)16-10-6-7-11-17(16)23(19)27/h1-13,18H. The number of ketones is 4. The molecule has 2 aliphatic rings. The summed E-state index contributed by atoms with van der Waals surface area (Å²) in [5.74, 6) is -1.83. The Bertz CT molecular complexity index is 1030. The van der Waals surface area contributed by atoms with Gasteiger partial charge in [-0.25, -0.2) is 0 Å². The Kier molecular flexibility index (Phi) is 4.09. The van der Waals surface area contributed by atoms with Crippen LogP contribution in [0.5, 0.6) is 0 Å². The lowest BCUT2D eigenvalue weighted by molar-refractivity contribution is 0.0869. The molecule has 0 radical (unpaired) electrons. The molecule has 4 rings (SSSR count). The summed E-state index contributed by atoms with van der Waals surface area (Å²) in [7, 11) is 0. The van der Waals surface area contributed by atoms with E-state index in [1.165, 1.54) is 12.2 Å². The number of hydrogen-bond donors (Lipinski definition) is 0. The van der Waals surface area contributed by atoms with Gasteiger partial charge < -0.3 is 0 Å². The molecule has 0 aliphatic heterocycles. The third-order valence-corrected chi connectivity index (χ3v) is 4.72. The van der Waals surface area contributed by atoms with Crippen LogP contribution in [0.15, 0.2) is 84.5 Å². The zero-order chi connectivity index (χ0) is 19.0. The van der Waals surface area contributed by atoms with Gasteiger partial charge in [0.1, 0.15) is 5.92 Å². The summed E-state index contributed by atoms with van der Waals surface area (Å²) in [6.45, 7) is 0. The zero-order valence-corrected chi connectivity index (χ0v) is 14.2. The maximum absolute atomic E-state index is 12.3. The molecule has 0 unspecified atom stereocenters. The predicted octanol–water partition coefficient (Wildman–Crippen LogP) is 3.80. The molecule has 130 valence electrons. The van der Waals surface area contributed by atoms with E-state index in [0.717, 1.165) is 0 Å². The molecule has 2 aliphatic carbocycles. The summed E-state index contributed by atoms with van der Waals surface area (Å²) < 4.78 is 0. The summed E-state index contributed by atoms with van der Waals surface area (Å²) in [5, 5.41) is 0. The fourth-order valence-electron chi connectivity index (χ4n) is 3.36. The second-order valence-electron chi connectivity index (χ2n) is 6.31. The van der Waals surface area contributed by atoms with Crippen molar-refractivity contribution in [2.45, 2.75) is 0 Å². The second kappa shape index (κ2) is 6.57. The van der Waals surface area contributed by atoms with Crippen molar-refractivity contribution in [1.29, 1.82) is 0 Å². The van der Waals surface area contributed by atoms with Crippen molar-refractivity contribution in [3.8, 4) is 0 Å². The summed E-state index contributed by atoms with van der Waals surface area (Å²) in [6, 6.07) is 13.5. The van der Waals surface area contributed by atoms with Gasteiger partial charge in [0.05, 0.1) is 5.57 Å². The van der Waals surface area contributed by atoms with Gasteiger partial charge in [0, 0.05) is 22.3 Å². The smallest absolute Gasteiger partial charge is 0.197 e. The fourth-order valence-corrected chi connectivity index (χ4v) is 3.36. The first-order valence-corrected chi connectivity index (χ1v) is 8.50. The molecule has 0 amide bonds. The van der Waals surface area contributed by atoms with E-state index in [1.807, 2.05) is 0 Å². The predicted molar refractivity (Wildman–Crippen MR) is 100 cm³/mol. The largest absolute Gasteiger partial charge is 0.293 e. The number of Topliss-reactive ketones (excluding diaryl/α,β-unsaturated/α-hetero) is 4. The van der Waals surface area contributed by atoms with Gasteiger partial charge in [-0.05, 0) is 6.08 Å². The van der Waals surface area contributed by atoms with Gasteiger partial charge in [0.25, 0.3) is 0 Å². The van der Waals surface area contributed by atoms with E-state index in [9.17, 15) is 19.2 Å². The quantitative estimate of drug-likeness (QED) is 0.364. The van der Waals surface area contributed by atoms with E-state index in [0.29, 0.717) is 22.3 Å². The van der Waals surface area contributed by atoms with E-state index >= 15 is 0 Å². The van der Waals surface area contributed by atoms with Gasteiger partial charge in [0.2, 0.25) is 0 Å². The second-order valence-corrected chi connectivity index (χ2v) is 6.31. The first-order chi connectivity index (χ1) is 13.1. The Hall–Kier alpha value is -3.66. The Morgan fingerprint density at radius 3 is 1.59 bits per heavy atom. The molecule has 0 atom stereocenters. The molecule has 0 saturated heterocycles. The summed E-state index contributed by atoms with van der Waals surface area (Å²) in [4.78, 5) is 49.1. The summed E-state index contributed by atoms with van der Waals surface area (Å²) in [5.41, 5.74) is 1.84. The van der Waals surface area contributed by atoms with Crippen LogP contribution in [0.2, 0.25) is 0 Å². The number of carbonyl (C=O) groups is 4. The average molecular weight is 354 g/mol. The van der Waals surface area contributed by atoms with E-state index < -0.39 is 5.92 Å². The van der Waals surface area contributed by atoms with Crippen molar-refractivity contribution in [2.24, 2.45) is 5.92 Å². The SMILES string of the molecule is O=C1C(=CC=CC=CC2C(=O)c3ccccc3C2=O)C(=O)c2ccccc21. The van der Waals surface area contributed by atoms with E-state index in [2.05, 4.69) is 0 Å². The van der Waals surface area contributed by atoms with Crippen LogP contribution in [0.4, 0.5) is 0 Å². The minimum absolute atomic E-state index is 0.112. The molecule has 0 aromatic heterocycles. The van der Waals surface area contributed by atoms with E-state index in [-0.39, 0.29) is 28.7 Å². The monoisotopic (exact) mass is 354 g/mol. The van der Waals surface area contributed by atoms with Gasteiger partial charge in [-0.15, -0.1) is 0 Å². The molecule has 0 spiro atoms.